The number of urea groups is 1. The van der Waals surface area contributed by atoms with Gasteiger partial charge < -0.3 is 31.7 Å². The molecule has 1 saturated heterocycles. The van der Waals surface area contributed by atoms with Gasteiger partial charge in [0, 0.05) is 42.8 Å². The summed E-state index contributed by atoms with van der Waals surface area (Å²) in [7, 11) is 0. The molecule has 2 aromatic carbocycles. The number of aromatic nitrogens is 1. The third-order valence-electron chi connectivity index (χ3n) is 5.79. The van der Waals surface area contributed by atoms with Crippen LogP contribution >= 0.6 is 0 Å². The number of aliphatic imine (C=N–C) groups is 1. The number of anilines is 3. The number of hydrogen-bond donors (Lipinski definition) is 4. The van der Waals surface area contributed by atoms with E-state index in [-0.39, 0.29) is 5.96 Å². The van der Waals surface area contributed by atoms with Crippen molar-refractivity contribution in [1.29, 1.82) is 0 Å². The van der Waals surface area contributed by atoms with Gasteiger partial charge in [0.15, 0.2) is 5.96 Å². The zero-order valence-electron chi connectivity index (χ0n) is 19.8. The Morgan fingerprint density at radius 1 is 1.09 bits per heavy atom. The lowest BCUT2D eigenvalue weighted by Crippen LogP contribution is -2.36. The predicted octanol–water partition coefficient (Wildman–Crippen LogP) is 3.37. The number of hydrogen-bond acceptors (Lipinski definition) is 5. The van der Waals surface area contributed by atoms with Crippen LogP contribution in [-0.2, 0) is 17.7 Å². The van der Waals surface area contributed by atoms with Crippen LogP contribution in [0.15, 0.2) is 65.8 Å². The zero-order valence-corrected chi connectivity index (χ0v) is 19.8. The van der Waals surface area contributed by atoms with Crippen molar-refractivity contribution in [2.45, 2.75) is 19.9 Å². The molecule has 1 aromatic heterocycles. The van der Waals surface area contributed by atoms with Gasteiger partial charge in [0.25, 0.3) is 0 Å². The van der Waals surface area contributed by atoms with Crippen LogP contribution in [0.25, 0.3) is 11.1 Å². The minimum absolute atomic E-state index is 0.267. The molecule has 0 radical (unpaired) electrons. The highest BCUT2D eigenvalue weighted by Crippen LogP contribution is 2.27. The molecular weight excluding hydrogens is 442 g/mol. The van der Waals surface area contributed by atoms with E-state index < -0.39 is 6.03 Å². The molecule has 9 nitrogen and oxygen atoms in total. The number of guanidine groups is 1. The molecule has 35 heavy (non-hydrogen) atoms. The lowest BCUT2D eigenvalue weighted by atomic mass is 10.0. The smallest absolute Gasteiger partial charge is 0.344 e. The number of nitrogens with zero attached hydrogens (tertiary/aromatic N) is 3. The molecule has 1 fully saturated rings. The van der Waals surface area contributed by atoms with E-state index in [1.165, 1.54) is 5.69 Å². The number of nitrogens with one attached hydrogen (secondary N) is 2. The highest BCUT2D eigenvalue weighted by atomic mass is 16.5. The number of aryl methyl sites for hydroxylation is 1. The van der Waals surface area contributed by atoms with Gasteiger partial charge in [-0.3, -0.25) is 0 Å². The minimum atomic E-state index is -0.571. The monoisotopic (exact) mass is 473 g/mol. The van der Waals surface area contributed by atoms with Crippen LogP contribution in [0.3, 0.4) is 0 Å². The summed E-state index contributed by atoms with van der Waals surface area (Å²) in [5, 5.41) is 6.13. The minimum Gasteiger partial charge on any atom is -0.378 e. The van der Waals surface area contributed by atoms with E-state index in [9.17, 15) is 4.79 Å². The average Bonchev–Trinajstić information content (AvgIpc) is 2.88. The summed E-state index contributed by atoms with van der Waals surface area (Å²) in [6.07, 6.45) is 2.70. The van der Waals surface area contributed by atoms with E-state index in [2.05, 4.69) is 57.8 Å². The lowest BCUT2D eigenvalue weighted by molar-refractivity contribution is 0.122. The van der Waals surface area contributed by atoms with Gasteiger partial charge in [-0.1, -0.05) is 25.1 Å². The average molecular weight is 474 g/mol. The summed E-state index contributed by atoms with van der Waals surface area (Å²) in [6.45, 7) is 5.80. The summed E-state index contributed by atoms with van der Waals surface area (Å²) in [6, 6.07) is 17.9. The SMILES string of the molecule is CCc1cc(-c2cccc(CNC(=O)N=C(N)N)c2)cnc1Nc1ccc(N2CCOCC2)cc1. The third kappa shape index (κ3) is 6.48. The van der Waals surface area contributed by atoms with E-state index in [0.717, 1.165) is 66.5 Å². The highest BCUT2D eigenvalue weighted by molar-refractivity contribution is 5.90. The number of carbonyl (C=O) groups is 1. The number of morpholine rings is 1. The molecule has 1 aliphatic rings. The second kappa shape index (κ2) is 11.3. The maximum Gasteiger partial charge on any atom is 0.344 e. The first-order valence-electron chi connectivity index (χ1n) is 11.7. The van der Waals surface area contributed by atoms with Crippen molar-refractivity contribution in [3.63, 3.8) is 0 Å². The molecule has 0 saturated carbocycles. The number of pyridine rings is 1. The summed E-state index contributed by atoms with van der Waals surface area (Å²) < 4.78 is 5.44. The van der Waals surface area contributed by atoms with Crippen LogP contribution in [0, 0.1) is 0 Å². The fourth-order valence-corrected chi connectivity index (χ4v) is 3.96. The first-order chi connectivity index (χ1) is 17.0. The molecule has 182 valence electrons. The molecule has 0 spiro atoms. The fourth-order valence-electron chi connectivity index (χ4n) is 3.96. The quantitative estimate of drug-likeness (QED) is 0.306. The number of carbonyl (C=O) groups excluding carboxylic acids is 1. The second-order valence-electron chi connectivity index (χ2n) is 8.25. The van der Waals surface area contributed by atoms with Gasteiger partial charge in [-0.05, 0) is 59.5 Å². The Labute approximate surface area is 205 Å². The standard InChI is InChI=1S/C26H31N7O2/c1-2-19-15-21(20-5-3-4-18(14-20)16-30-26(34)32-25(27)28)17-29-24(19)31-22-6-8-23(9-7-22)33-10-12-35-13-11-33/h3-9,14-15,17H,2,10-13,16H2,1H3,(H,29,31)(H5,27,28,30,32,34). The normalized spacial score (nSPS) is 13.2. The van der Waals surface area contributed by atoms with Gasteiger partial charge in [0.1, 0.15) is 5.82 Å². The first kappa shape index (κ1) is 24.0. The van der Waals surface area contributed by atoms with Crippen molar-refractivity contribution in [2.24, 2.45) is 16.5 Å². The highest BCUT2D eigenvalue weighted by Gasteiger charge is 2.12. The molecule has 9 heteroatoms. The largest absolute Gasteiger partial charge is 0.378 e. The molecule has 4 rings (SSSR count). The molecule has 1 aliphatic heterocycles. The van der Waals surface area contributed by atoms with Crippen molar-refractivity contribution in [1.82, 2.24) is 10.3 Å². The fraction of sp³-hybridized carbons (Fsp3) is 0.269. The maximum atomic E-state index is 11.7. The van der Waals surface area contributed by atoms with E-state index in [1.807, 2.05) is 30.5 Å². The number of ether oxygens (including phenoxy) is 1. The molecular formula is C26H31N7O2. The molecule has 3 aromatic rings. The van der Waals surface area contributed by atoms with Gasteiger partial charge in [0.05, 0.1) is 13.2 Å². The summed E-state index contributed by atoms with van der Waals surface area (Å²) in [5.74, 6) is 0.576. The van der Waals surface area contributed by atoms with Gasteiger partial charge in [-0.25, -0.2) is 9.78 Å². The second-order valence-corrected chi connectivity index (χ2v) is 8.25. The molecule has 2 amide bonds. The number of rotatable bonds is 7. The van der Waals surface area contributed by atoms with Gasteiger partial charge in [0.2, 0.25) is 0 Å². The number of amides is 2. The Kier molecular flexibility index (Phi) is 7.79. The summed E-state index contributed by atoms with van der Waals surface area (Å²) >= 11 is 0. The molecule has 0 unspecified atom stereocenters. The van der Waals surface area contributed by atoms with Crippen LogP contribution in [0.1, 0.15) is 18.1 Å². The number of benzene rings is 2. The van der Waals surface area contributed by atoms with Gasteiger partial charge in [-0.2, -0.15) is 4.99 Å². The van der Waals surface area contributed by atoms with Gasteiger partial charge >= 0.3 is 6.03 Å². The Hall–Kier alpha value is -4.11. The molecule has 0 atom stereocenters. The molecule has 0 bridgehead atoms. The lowest BCUT2D eigenvalue weighted by Gasteiger charge is -2.29. The van der Waals surface area contributed by atoms with Crippen LogP contribution in [0.5, 0.6) is 0 Å². The summed E-state index contributed by atoms with van der Waals surface area (Å²) in [4.78, 5) is 22.2. The Bertz CT molecular complexity index is 1180. The van der Waals surface area contributed by atoms with E-state index in [4.69, 9.17) is 21.2 Å². The molecule has 2 heterocycles. The van der Waals surface area contributed by atoms with Crippen LogP contribution in [-0.4, -0.2) is 43.3 Å². The molecule has 0 aliphatic carbocycles. The van der Waals surface area contributed by atoms with E-state index >= 15 is 0 Å². The van der Waals surface area contributed by atoms with Crippen molar-refractivity contribution in [3.05, 3.63) is 71.9 Å². The van der Waals surface area contributed by atoms with Crippen molar-refractivity contribution >= 4 is 29.2 Å². The topological polar surface area (TPSA) is 131 Å². The number of nitrogens with two attached hydrogens (primary N) is 2. The van der Waals surface area contributed by atoms with Crippen molar-refractivity contribution in [3.8, 4) is 11.1 Å². The van der Waals surface area contributed by atoms with Crippen molar-refractivity contribution < 1.29 is 9.53 Å². The Morgan fingerprint density at radius 3 is 2.57 bits per heavy atom. The van der Waals surface area contributed by atoms with E-state index in [0.29, 0.717) is 6.54 Å². The Morgan fingerprint density at radius 2 is 1.86 bits per heavy atom. The maximum absolute atomic E-state index is 11.7. The zero-order chi connectivity index (χ0) is 24.6. The van der Waals surface area contributed by atoms with Crippen LogP contribution in [0.4, 0.5) is 22.0 Å². The van der Waals surface area contributed by atoms with Crippen molar-refractivity contribution in [2.75, 3.05) is 36.5 Å². The van der Waals surface area contributed by atoms with Crippen LogP contribution in [0.2, 0.25) is 0 Å². The predicted molar refractivity (Wildman–Crippen MR) is 140 cm³/mol. The first-order valence-corrected chi connectivity index (χ1v) is 11.7. The summed E-state index contributed by atoms with van der Waals surface area (Å²) in [5.41, 5.74) is 16.7. The van der Waals surface area contributed by atoms with E-state index in [1.54, 1.807) is 0 Å². The Balaban J connectivity index is 1.45. The molecule has 6 N–H and O–H groups in total. The third-order valence-corrected chi connectivity index (χ3v) is 5.79. The van der Waals surface area contributed by atoms with Gasteiger partial charge in [-0.15, -0.1) is 0 Å². The van der Waals surface area contributed by atoms with Crippen LogP contribution < -0.4 is 27.0 Å².